The van der Waals surface area contributed by atoms with E-state index >= 15 is 0 Å². The van der Waals surface area contributed by atoms with Crippen LogP contribution in [-0.4, -0.2) is 21.6 Å². The number of fused-ring (bicyclic) bond motifs is 1. The van der Waals surface area contributed by atoms with E-state index in [9.17, 15) is 8.42 Å². The summed E-state index contributed by atoms with van der Waals surface area (Å²) in [7, 11) is -3.68. The van der Waals surface area contributed by atoms with E-state index in [-0.39, 0.29) is 4.90 Å². The fourth-order valence-corrected chi connectivity index (χ4v) is 3.78. The lowest BCUT2D eigenvalue weighted by Gasteiger charge is -2.20. The Morgan fingerprint density at radius 2 is 1.83 bits per heavy atom. The molecule has 1 heterocycles. The molecule has 3 rings (SSSR count). The quantitative estimate of drug-likeness (QED) is 0.917. The third-order valence-corrected chi connectivity index (χ3v) is 5.28. The predicted octanol–water partition coefficient (Wildman–Crippen LogP) is 3.15. The maximum atomic E-state index is 12.5. The maximum absolute atomic E-state index is 12.5. The van der Waals surface area contributed by atoms with Gasteiger partial charge in [-0.2, -0.15) is 0 Å². The standard InChI is InChI=1S/C16H16ClNO4S/c1-11(12-3-2-4-13(17)9-12)18-23(19,20)14-5-6-15-16(10-14)22-8-7-21-15/h2-6,9-11,18H,7-8H2,1H3/t11-/m0/s1. The van der Waals surface area contributed by atoms with E-state index in [0.29, 0.717) is 29.7 Å². The van der Waals surface area contributed by atoms with E-state index in [1.165, 1.54) is 12.1 Å². The summed E-state index contributed by atoms with van der Waals surface area (Å²) in [6.45, 7) is 2.63. The number of ether oxygens (including phenoxy) is 2. The number of rotatable bonds is 4. The van der Waals surface area contributed by atoms with E-state index in [0.717, 1.165) is 5.56 Å². The van der Waals surface area contributed by atoms with Crippen molar-refractivity contribution in [2.45, 2.75) is 17.9 Å². The molecule has 1 aliphatic rings. The molecular formula is C16H16ClNO4S. The van der Waals surface area contributed by atoms with E-state index in [4.69, 9.17) is 21.1 Å². The molecule has 1 atom stereocenters. The van der Waals surface area contributed by atoms with Crippen molar-refractivity contribution in [2.24, 2.45) is 0 Å². The Morgan fingerprint density at radius 3 is 2.57 bits per heavy atom. The Balaban J connectivity index is 1.84. The molecule has 1 aliphatic heterocycles. The number of sulfonamides is 1. The van der Waals surface area contributed by atoms with Crippen LogP contribution in [0.15, 0.2) is 47.4 Å². The van der Waals surface area contributed by atoms with Crippen LogP contribution in [0.1, 0.15) is 18.5 Å². The summed E-state index contributed by atoms with van der Waals surface area (Å²) in [5.74, 6) is 0.993. The average Bonchev–Trinajstić information content (AvgIpc) is 2.54. The molecule has 0 spiro atoms. The van der Waals surface area contributed by atoms with Crippen LogP contribution in [0.2, 0.25) is 5.02 Å². The summed E-state index contributed by atoms with van der Waals surface area (Å²) < 4.78 is 38.6. The van der Waals surface area contributed by atoms with Crippen LogP contribution in [-0.2, 0) is 10.0 Å². The molecule has 0 bridgehead atoms. The van der Waals surface area contributed by atoms with Crippen LogP contribution in [0.25, 0.3) is 0 Å². The molecule has 122 valence electrons. The minimum absolute atomic E-state index is 0.135. The molecule has 0 fully saturated rings. The number of halogens is 1. The second kappa shape index (κ2) is 6.39. The van der Waals surface area contributed by atoms with Gasteiger partial charge in [0.1, 0.15) is 13.2 Å². The zero-order valence-corrected chi connectivity index (χ0v) is 14.0. The van der Waals surface area contributed by atoms with Crippen LogP contribution in [0.4, 0.5) is 0 Å². The van der Waals surface area contributed by atoms with Crippen LogP contribution in [0.5, 0.6) is 11.5 Å². The van der Waals surface area contributed by atoms with Gasteiger partial charge in [0, 0.05) is 17.1 Å². The van der Waals surface area contributed by atoms with Crippen LogP contribution < -0.4 is 14.2 Å². The molecule has 1 N–H and O–H groups in total. The number of benzene rings is 2. The highest BCUT2D eigenvalue weighted by Gasteiger charge is 2.21. The van der Waals surface area contributed by atoms with E-state index < -0.39 is 16.1 Å². The summed E-state index contributed by atoms with van der Waals surface area (Å²) in [5, 5.41) is 0.563. The van der Waals surface area contributed by atoms with Gasteiger partial charge in [-0.15, -0.1) is 0 Å². The van der Waals surface area contributed by atoms with Gasteiger partial charge in [-0.1, -0.05) is 23.7 Å². The Hall–Kier alpha value is -1.76. The lowest BCUT2D eigenvalue weighted by atomic mass is 10.1. The van der Waals surface area contributed by atoms with Gasteiger partial charge in [-0.3, -0.25) is 0 Å². The molecule has 5 nitrogen and oxygen atoms in total. The largest absolute Gasteiger partial charge is 0.486 e. The van der Waals surface area contributed by atoms with E-state index in [1.807, 2.05) is 6.07 Å². The zero-order valence-electron chi connectivity index (χ0n) is 12.5. The van der Waals surface area contributed by atoms with Gasteiger partial charge in [0.2, 0.25) is 10.0 Å². The lowest BCUT2D eigenvalue weighted by molar-refractivity contribution is 0.171. The van der Waals surface area contributed by atoms with Gasteiger partial charge in [0.05, 0.1) is 4.90 Å². The minimum Gasteiger partial charge on any atom is -0.486 e. The van der Waals surface area contributed by atoms with Gasteiger partial charge in [-0.05, 0) is 36.8 Å². The van der Waals surface area contributed by atoms with E-state index in [1.54, 1.807) is 31.2 Å². The monoisotopic (exact) mass is 353 g/mol. The second-order valence-electron chi connectivity index (χ2n) is 5.20. The summed E-state index contributed by atoms with van der Waals surface area (Å²) >= 11 is 5.95. The van der Waals surface area contributed by atoms with Crippen LogP contribution >= 0.6 is 11.6 Å². The molecule has 0 aromatic heterocycles. The molecule has 0 aliphatic carbocycles. The summed E-state index contributed by atoms with van der Waals surface area (Å²) in [6.07, 6.45) is 0. The third-order valence-electron chi connectivity index (χ3n) is 3.50. The molecule has 0 saturated carbocycles. The van der Waals surface area contributed by atoms with Crippen LogP contribution in [0.3, 0.4) is 0 Å². The molecule has 2 aromatic rings. The summed E-state index contributed by atoms with van der Waals surface area (Å²) in [5.41, 5.74) is 0.790. The van der Waals surface area contributed by atoms with Gasteiger partial charge < -0.3 is 9.47 Å². The number of hydrogen-bond donors (Lipinski definition) is 1. The lowest BCUT2D eigenvalue weighted by Crippen LogP contribution is -2.27. The first-order chi connectivity index (χ1) is 11.0. The Morgan fingerprint density at radius 1 is 1.09 bits per heavy atom. The number of hydrogen-bond acceptors (Lipinski definition) is 4. The van der Waals surface area contributed by atoms with Crippen molar-refractivity contribution in [3.63, 3.8) is 0 Å². The number of nitrogens with one attached hydrogen (secondary N) is 1. The molecule has 7 heteroatoms. The molecule has 0 saturated heterocycles. The topological polar surface area (TPSA) is 64.6 Å². The van der Waals surface area contributed by atoms with Crippen molar-refractivity contribution in [3.8, 4) is 11.5 Å². The smallest absolute Gasteiger partial charge is 0.241 e. The first-order valence-corrected chi connectivity index (χ1v) is 8.99. The van der Waals surface area contributed by atoms with Crippen molar-refractivity contribution in [2.75, 3.05) is 13.2 Å². The molecule has 0 unspecified atom stereocenters. The Bertz CT molecular complexity index is 823. The Labute approximate surface area is 140 Å². The van der Waals surface area contributed by atoms with Crippen molar-refractivity contribution in [3.05, 3.63) is 53.1 Å². The van der Waals surface area contributed by atoms with Crippen molar-refractivity contribution >= 4 is 21.6 Å². The SMILES string of the molecule is C[C@H](NS(=O)(=O)c1ccc2c(c1)OCCO2)c1cccc(Cl)c1. The van der Waals surface area contributed by atoms with Crippen molar-refractivity contribution < 1.29 is 17.9 Å². The molecular weight excluding hydrogens is 338 g/mol. The fourth-order valence-electron chi connectivity index (χ4n) is 2.34. The normalized spacial score (nSPS) is 15.2. The van der Waals surface area contributed by atoms with Crippen molar-refractivity contribution in [1.82, 2.24) is 4.72 Å². The summed E-state index contributed by atoms with van der Waals surface area (Å²) in [6, 6.07) is 11.3. The first kappa shape index (κ1) is 16.1. The highest BCUT2D eigenvalue weighted by molar-refractivity contribution is 7.89. The zero-order chi connectivity index (χ0) is 16.4. The van der Waals surface area contributed by atoms with Crippen LogP contribution in [0, 0.1) is 0 Å². The third kappa shape index (κ3) is 3.60. The van der Waals surface area contributed by atoms with Gasteiger partial charge in [0.15, 0.2) is 11.5 Å². The molecule has 23 heavy (non-hydrogen) atoms. The molecule has 0 amide bonds. The van der Waals surface area contributed by atoms with E-state index in [2.05, 4.69) is 4.72 Å². The van der Waals surface area contributed by atoms with Gasteiger partial charge >= 0.3 is 0 Å². The van der Waals surface area contributed by atoms with Gasteiger partial charge in [0.25, 0.3) is 0 Å². The average molecular weight is 354 g/mol. The Kier molecular flexibility index (Phi) is 4.48. The first-order valence-electron chi connectivity index (χ1n) is 7.13. The predicted molar refractivity (Wildman–Crippen MR) is 87.6 cm³/mol. The summed E-state index contributed by atoms with van der Waals surface area (Å²) in [4.78, 5) is 0.135. The molecule has 0 radical (unpaired) electrons. The second-order valence-corrected chi connectivity index (χ2v) is 7.35. The fraction of sp³-hybridized carbons (Fsp3) is 0.250. The van der Waals surface area contributed by atoms with Gasteiger partial charge in [-0.25, -0.2) is 13.1 Å². The molecule has 2 aromatic carbocycles. The van der Waals surface area contributed by atoms with Crippen molar-refractivity contribution in [1.29, 1.82) is 0 Å². The maximum Gasteiger partial charge on any atom is 0.241 e. The minimum atomic E-state index is -3.68. The highest BCUT2D eigenvalue weighted by atomic mass is 35.5. The highest BCUT2D eigenvalue weighted by Crippen LogP contribution is 2.32.